The van der Waals surface area contributed by atoms with Crippen molar-refractivity contribution < 1.29 is 28.6 Å². The summed E-state index contributed by atoms with van der Waals surface area (Å²) in [5.74, 6) is -1.86. The van der Waals surface area contributed by atoms with Crippen LogP contribution in [0.2, 0.25) is 5.02 Å². The average Bonchev–Trinajstić information content (AvgIpc) is 3.46. The largest absolute Gasteiger partial charge is 0.507 e. The molecule has 4 aromatic rings. The van der Waals surface area contributed by atoms with Gasteiger partial charge >= 0.3 is 0 Å². The smallest absolute Gasteiger partial charge is 0.295 e. The van der Waals surface area contributed by atoms with E-state index in [-0.39, 0.29) is 40.0 Å². The molecule has 1 aliphatic heterocycles. The van der Waals surface area contributed by atoms with Crippen LogP contribution in [0.1, 0.15) is 22.7 Å². The minimum absolute atomic E-state index is 0.0819. The number of hydrogen-bond acceptors (Lipinski definition) is 5. The summed E-state index contributed by atoms with van der Waals surface area (Å²) < 4.78 is 24.1. The van der Waals surface area contributed by atoms with Crippen LogP contribution in [0.3, 0.4) is 0 Å². The molecule has 1 saturated heterocycles. The van der Waals surface area contributed by atoms with Crippen molar-refractivity contribution in [3.8, 4) is 11.5 Å². The number of ketones is 1. The Morgan fingerprint density at radius 1 is 1.05 bits per heavy atom. The number of halogens is 2. The van der Waals surface area contributed by atoms with Crippen LogP contribution in [-0.2, 0) is 16.0 Å². The molecule has 1 aromatic heterocycles. The third kappa shape index (κ3) is 4.37. The van der Waals surface area contributed by atoms with Crippen LogP contribution in [-0.4, -0.2) is 47.4 Å². The molecule has 1 fully saturated rings. The number of aliphatic hydroxyl groups is 1. The molecule has 0 saturated carbocycles. The molecule has 194 valence electrons. The fraction of sp³-hybridized carbons (Fsp3) is 0.172. The number of benzene rings is 3. The number of methoxy groups -OCH3 is 2. The van der Waals surface area contributed by atoms with E-state index in [1.165, 1.54) is 43.4 Å². The Hall–Kier alpha value is -4.30. The Bertz CT molecular complexity index is 1580. The van der Waals surface area contributed by atoms with E-state index in [0.717, 1.165) is 16.5 Å². The number of likely N-dealkylation sites (tertiary alicyclic amines) is 1. The number of nitrogens with zero attached hydrogens (tertiary/aromatic N) is 1. The molecular formula is C29H24ClFN2O5. The lowest BCUT2D eigenvalue weighted by atomic mass is 9.94. The van der Waals surface area contributed by atoms with Gasteiger partial charge in [0.25, 0.3) is 11.7 Å². The van der Waals surface area contributed by atoms with Crippen LogP contribution in [0.4, 0.5) is 4.39 Å². The van der Waals surface area contributed by atoms with Crippen molar-refractivity contribution in [2.24, 2.45) is 0 Å². The molecule has 38 heavy (non-hydrogen) atoms. The van der Waals surface area contributed by atoms with E-state index in [2.05, 4.69) is 4.98 Å². The highest BCUT2D eigenvalue weighted by Gasteiger charge is 2.47. The minimum atomic E-state index is -0.891. The number of para-hydroxylation sites is 1. The van der Waals surface area contributed by atoms with E-state index in [1.54, 1.807) is 18.3 Å². The summed E-state index contributed by atoms with van der Waals surface area (Å²) in [5.41, 5.74) is 2.35. The number of carbonyl (C=O) groups excluding carboxylic acids is 2. The van der Waals surface area contributed by atoms with Gasteiger partial charge in [0.15, 0.2) is 0 Å². The molecule has 0 radical (unpaired) electrons. The molecule has 1 unspecified atom stereocenters. The third-order valence-electron chi connectivity index (χ3n) is 6.74. The Kier molecular flexibility index (Phi) is 6.82. The number of H-pyrrole nitrogens is 1. The zero-order valence-corrected chi connectivity index (χ0v) is 21.4. The van der Waals surface area contributed by atoms with Crippen molar-refractivity contribution in [2.75, 3.05) is 20.8 Å². The summed E-state index contributed by atoms with van der Waals surface area (Å²) in [4.78, 5) is 31.5. The zero-order chi connectivity index (χ0) is 27.0. The lowest BCUT2D eigenvalue weighted by Crippen LogP contribution is -2.31. The van der Waals surface area contributed by atoms with Crippen molar-refractivity contribution in [3.05, 3.63) is 100.0 Å². The summed E-state index contributed by atoms with van der Waals surface area (Å²) in [6, 6.07) is 15.5. The quantitative estimate of drug-likeness (QED) is 0.182. The van der Waals surface area contributed by atoms with E-state index >= 15 is 0 Å². The van der Waals surface area contributed by atoms with Gasteiger partial charge in [-0.25, -0.2) is 4.39 Å². The van der Waals surface area contributed by atoms with Crippen LogP contribution >= 0.6 is 11.6 Å². The Balaban J connectivity index is 1.67. The summed E-state index contributed by atoms with van der Waals surface area (Å²) in [6.45, 7) is 0.165. The molecule has 0 bridgehead atoms. The molecule has 1 amide bonds. The number of aromatic amines is 1. The van der Waals surface area contributed by atoms with Crippen LogP contribution in [0.15, 0.2) is 72.4 Å². The molecule has 9 heteroatoms. The number of aromatic nitrogens is 1. The number of Topliss-reactive ketones (excluding diaryl/α,β-unsaturated/α-hetero) is 1. The number of ether oxygens (including phenoxy) is 2. The van der Waals surface area contributed by atoms with E-state index < -0.39 is 23.5 Å². The number of aliphatic hydroxyl groups excluding tert-OH is 1. The normalized spacial score (nSPS) is 16.8. The second-order valence-electron chi connectivity index (χ2n) is 8.85. The van der Waals surface area contributed by atoms with Crippen LogP contribution in [0.5, 0.6) is 11.5 Å². The first-order valence-corrected chi connectivity index (χ1v) is 12.2. The SMILES string of the molecule is COc1cc(/C(O)=C2\C(=O)C(=O)N(CCc3ccc(F)cc3)C2c2c[nH]c3ccccc23)c(OC)cc1Cl. The highest BCUT2D eigenvalue weighted by molar-refractivity contribution is 6.46. The number of rotatable bonds is 7. The predicted octanol–water partition coefficient (Wildman–Crippen LogP) is 5.64. The molecule has 5 rings (SSSR count). The van der Waals surface area contributed by atoms with Gasteiger partial charge in [0.2, 0.25) is 0 Å². The van der Waals surface area contributed by atoms with Gasteiger partial charge in [-0.15, -0.1) is 0 Å². The standard InChI is InChI=1S/C29H24ClFN2O5/c1-37-23-14-21(30)24(38-2)13-19(23)27(34)25-26(20-15-32-22-6-4-3-5-18(20)22)33(29(36)28(25)35)12-11-16-7-9-17(31)10-8-16/h3-10,13-15,26,32,34H,11-12H2,1-2H3/b27-25+. The van der Waals surface area contributed by atoms with Crippen LogP contribution in [0.25, 0.3) is 16.7 Å². The van der Waals surface area contributed by atoms with Gasteiger partial charge in [0.05, 0.1) is 36.4 Å². The van der Waals surface area contributed by atoms with Gasteiger partial charge in [-0.3, -0.25) is 9.59 Å². The van der Waals surface area contributed by atoms with Crippen molar-refractivity contribution in [1.82, 2.24) is 9.88 Å². The maximum Gasteiger partial charge on any atom is 0.295 e. The van der Waals surface area contributed by atoms with Crippen molar-refractivity contribution in [2.45, 2.75) is 12.5 Å². The molecule has 2 N–H and O–H groups in total. The van der Waals surface area contributed by atoms with E-state index in [4.69, 9.17) is 21.1 Å². The minimum Gasteiger partial charge on any atom is -0.507 e. The molecule has 0 aliphatic carbocycles. The predicted molar refractivity (Wildman–Crippen MR) is 142 cm³/mol. The highest BCUT2D eigenvalue weighted by Crippen LogP contribution is 2.44. The van der Waals surface area contributed by atoms with Gasteiger partial charge in [-0.2, -0.15) is 0 Å². The Morgan fingerprint density at radius 3 is 2.47 bits per heavy atom. The molecule has 2 heterocycles. The summed E-state index contributed by atoms with van der Waals surface area (Å²) >= 11 is 6.24. The first kappa shape index (κ1) is 25.4. The highest BCUT2D eigenvalue weighted by atomic mass is 35.5. The van der Waals surface area contributed by atoms with Crippen LogP contribution in [0, 0.1) is 5.82 Å². The third-order valence-corrected chi connectivity index (χ3v) is 7.03. The summed E-state index contributed by atoms with van der Waals surface area (Å²) in [7, 11) is 2.84. The fourth-order valence-electron chi connectivity index (χ4n) is 4.85. The van der Waals surface area contributed by atoms with Gasteiger partial charge in [-0.05, 0) is 36.2 Å². The molecule has 1 atom stereocenters. The molecule has 1 aliphatic rings. The van der Waals surface area contributed by atoms with E-state index in [9.17, 15) is 19.1 Å². The molecule has 0 spiro atoms. The lowest BCUT2D eigenvalue weighted by molar-refractivity contribution is -0.139. The Labute approximate surface area is 223 Å². The second-order valence-corrected chi connectivity index (χ2v) is 9.25. The first-order chi connectivity index (χ1) is 18.3. The van der Waals surface area contributed by atoms with Gasteiger partial charge < -0.3 is 24.5 Å². The first-order valence-electron chi connectivity index (χ1n) is 11.8. The second kappa shape index (κ2) is 10.2. The van der Waals surface area contributed by atoms with Gasteiger partial charge in [0, 0.05) is 35.3 Å². The molecular weight excluding hydrogens is 511 g/mol. The molecule has 7 nitrogen and oxygen atoms in total. The molecule has 3 aromatic carbocycles. The zero-order valence-electron chi connectivity index (χ0n) is 20.6. The van der Waals surface area contributed by atoms with Gasteiger partial charge in [-0.1, -0.05) is 41.9 Å². The average molecular weight is 535 g/mol. The van der Waals surface area contributed by atoms with E-state index in [0.29, 0.717) is 12.0 Å². The summed E-state index contributed by atoms with van der Waals surface area (Å²) in [5, 5.41) is 12.6. The maximum atomic E-state index is 13.5. The number of hydrogen-bond donors (Lipinski definition) is 2. The Morgan fingerprint density at radius 2 is 1.76 bits per heavy atom. The van der Waals surface area contributed by atoms with Crippen molar-refractivity contribution >= 4 is 40.0 Å². The topological polar surface area (TPSA) is 91.9 Å². The number of carbonyl (C=O) groups is 2. The number of fused-ring (bicyclic) bond motifs is 1. The number of amides is 1. The van der Waals surface area contributed by atoms with E-state index in [1.807, 2.05) is 24.3 Å². The lowest BCUT2D eigenvalue weighted by Gasteiger charge is -2.25. The number of nitrogens with one attached hydrogen (secondary N) is 1. The van der Waals surface area contributed by atoms with Crippen molar-refractivity contribution in [1.29, 1.82) is 0 Å². The van der Waals surface area contributed by atoms with Crippen LogP contribution < -0.4 is 9.47 Å². The van der Waals surface area contributed by atoms with Gasteiger partial charge in [0.1, 0.15) is 23.1 Å². The van der Waals surface area contributed by atoms with Crippen molar-refractivity contribution in [3.63, 3.8) is 0 Å². The monoisotopic (exact) mass is 534 g/mol. The maximum absolute atomic E-state index is 13.5. The summed E-state index contributed by atoms with van der Waals surface area (Å²) in [6.07, 6.45) is 2.11. The fourth-order valence-corrected chi connectivity index (χ4v) is 5.08.